The number of nitrogens with zero attached hydrogens (tertiary/aromatic N) is 2. The van der Waals surface area contributed by atoms with Gasteiger partial charge < -0.3 is 35.4 Å². The molecular formula is C33H39N5O8. The normalized spacial score (nSPS) is 16.7. The van der Waals surface area contributed by atoms with Crippen LogP contribution in [0.4, 0.5) is 10.6 Å². The van der Waals surface area contributed by atoms with Gasteiger partial charge in [0.05, 0.1) is 18.7 Å². The summed E-state index contributed by atoms with van der Waals surface area (Å²) >= 11 is 0. The summed E-state index contributed by atoms with van der Waals surface area (Å²) in [5, 5.41) is 19.3. The first-order chi connectivity index (χ1) is 22.1. The minimum absolute atomic E-state index is 0.0481. The maximum absolute atomic E-state index is 12.9. The van der Waals surface area contributed by atoms with E-state index in [4.69, 9.17) is 14.3 Å². The van der Waals surface area contributed by atoms with Crippen molar-refractivity contribution in [3.8, 4) is 0 Å². The molecule has 0 bridgehead atoms. The fourth-order valence-electron chi connectivity index (χ4n) is 5.22. The molecular weight excluding hydrogens is 594 g/mol. The second kappa shape index (κ2) is 16.3. The molecule has 1 saturated heterocycles. The summed E-state index contributed by atoms with van der Waals surface area (Å²) in [6.45, 7) is 5.37. The Kier molecular flexibility index (Phi) is 12.0. The van der Waals surface area contributed by atoms with Crippen LogP contribution < -0.4 is 16.0 Å². The Morgan fingerprint density at radius 2 is 1.74 bits per heavy atom. The van der Waals surface area contributed by atoms with Crippen LogP contribution in [0.3, 0.4) is 0 Å². The molecule has 0 radical (unpaired) electrons. The molecule has 2 amide bonds. The fourth-order valence-corrected chi connectivity index (χ4v) is 5.22. The summed E-state index contributed by atoms with van der Waals surface area (Å²) in [5.74, 6) is -1.74. The van der Waals surface area contributed by atoms with Crippen LogP contribution in [0.1, 0.15) is 39.0 Å². The number of pyridine rings is 1. The predicted molar refractivity (Wildman–Crippen MR) is 168 cm³/mol. The SMILES string of the molecule is Cc1cc(C)c(C(=O)NC(CNC(=O)COC2CC(CNc3ccccn3)N(OC(=O)OCc3ccccc3)C2)C(=O)O)c(C)c1. The van der Waals surface area contributed by atoms with E-state index < -0.39 is 36.1 Å². The lowest BCUT2D eigenvalue weighted by molar-refractivity contribution is -0.143. The van der Waals surface area contributed by atoms with Crippen LogP contribution in [-0.4, -0.2) is 83.5 Å². The van der Waals surface area contributed by atoms with Crippen LogP contribution in [-0.2, 0) is 30.5 Å². The molecule has 1 aliphatic rings. The zero-order chi connectivity index (χ0) is 33.1. The highest BCUT2D eigenvalue weighted by Gasteiger charge is 2.36. The largest absolute Gasteiger partial charge is 0.528 e. The van der Waals surface area contributed by atoms with Crippen LogP contribution in [0.15, 0.2) is 66.9 Å². The number of carboxylic acids is 1. The third kappa shape index (κ3) is 10.0. The van der Waals surface area contributed by atoms with Crippen LogP contribution >= 0.6 is 0 Å². The number of aliphatic carboxylic acids is 1. The first kappa shape index (κ1) is 33.9. The summed E-state index contributed by atoms with van der Waals surface area (Å²) in [6.07, 6.45) is 0.720. The zero-order valence-corrected chi connectivity index (χ0v) is 26.0. The van der Waals surface area contributed by atoms with E-state index in [2.05, 4.69) is 20.9 Å². The summed E-state index contributed by atoms with van der Waals surface area (Å²) in [6, 6.07) is 16.7. The molecule has 1 aliphatic heterocycles. The van der Waals surface area contributed by atoms with Crippen LogP contribution in [0.25, 0.3) is 0 Å². The van der Waals surface area contributed by atoms with E-state index in [0.717, 1.165) is 22.3 Å². The summed E-state index contributed by atoms with van der Waals surface area (Å²) < 4.78 is 11.1. The van der Waals surface area contributed by atoms with E-state index in [1.165, 1.54) is 5.06 Å². The molecule has 4 rings (SSSR count). The maximum Gasteiger partial charge on any atom is 0.528 e. The quantitative estimate of drug-likeness (QED) is 0.193. The average Bonchev–Trinajstić information content (AvgIpc) is 3.41. The highest BCUT2D eigenvalue weighted by molar-refractivity contribution is 5.99. The topological polar surface area (TPSA) is 168 Å². The van der Waals surface area contributed by atoms with Gasteiger partial charge in [-0.1, -0.05) is 54.1 Å². The Bertz CT molecular complexity index is 1480. The van der Waals surface area contributed by atoms with Gasteiger partial charge in [-0.3, -0.25) is 9.59 Å². The first-order valence-corrected chi connectivity index (χ1v) is 14.9. The number of hydroxylamine groups is 2. The van der Waals surface area contributed by atoms with Crippen molar-refractivity contribution in [2.24, 2.45) is 0 Å². The number of carboxylic acid groups (broad SMARTS) is 1. The van der Waals surface area contributed by atoms with E-state index in [1.807, 2.05) is 61.5 Å². The number of hydrogen-bond donors (Lipinski definition) is 4. The molecule has 1 aromatic heterocycles. The van der Waals surface area contributed by atoms with Crippen molar-refractivity contribution in [3.63, 3.8) is 0 Å². The molecule has 244 valence electrons. The van der Waals surface area contributed by atoms with E-state index >= 15 is 0 Å². The van der Waals surface area contributed by atoms with Gasteiger partial charge in [-0.05, 0) is 56.0 Å². The molecule has 0 saturated carbocycles. The second-order valence-electron chi connectivity index (χ2n) is 11.1. The monoisotopic (exact) mass is 633 g/mol. The van der Waals surface area contributed by atoms with E-state index in [9.17, 15) is 24.3 Å². The fraction of sp³-hybridized carbons (Fsp3) is 0.364. The Morgan fingerprint density at radius 3 is 2.41 bits per heavy atom. The predicted octanol–water partition coefficient (Wildman–Crippen LogP) is 3.15. The lowest BCUT2D eigenvalue weighted by Crippen LogP contribution is -2.49. The number of hydrogen-bond acceptors (Lipinski definition) is 10. The Labute approximate surface area is 267 Å². The first-order valence-electron chi connectivity index (χ1n) is 14.9. The minimum Gasteiger partial charge on any atom is -0.480 e. The molecule has 0 spiro atoms. The van der Waals surface area contributed by atoms with Crippen molar-refractivity contribution in [3.05, 3.63) is 94.7 Å². The number of benzene rings is 2. The van der Waals surface area contributed by atoms with Crippen LogP contribution in [0, 0.1) is 20.8 Å². The number of carbonyl (C=O) groups excluding carboxylic acids is 3. The molecule has 13 nitrogen and oxygen atoms in total. The molecule has 46 heavy (non-hydrogen) atoms. The molecule has 2 aromatic carbocycles. The van der Waals surface area contributed by atoms with E-state index in [1.54, 1.807) is 26.1 Å². The van der Waals surface area contributed by atoms with Gasteiger partial charge in [0.15, 0.2) is 0 Å². The lowest BCUT2D eigenvalue weighted by atomic mass is 9.99. The number of aromatic nitrogens is 1. The molecule has 0 aliphatic carbocycles. The van der Waals surface area contributed by atoms with Crippen LogP contribution in [0.2, 0.25) is 0 Å². The molecule has 13 heteroatoms. The minimum atomic E-state index is -1.35. The van der Waals surface area contributed by atoms with Gasteiger partial charge in [0, 0.05) is 24.8 Å². The number of ether oxygens (including phenoxy) is 2. The van der Waals surface area contributed by atoms with Gasteiger partial charge in [0.1, 0.15) is 25.1 Å². The Morgan fingerprint density at radius 1 is 1.02 bits per heavy atom. The smallest absolute Gasteiger partial charge is 0.480 e. The van der Waals surface area contributed by atoms with Crippen LogP contribution in [0.5, 0.6) is 0 Å². The number of rotatable bonds is 14. The van der Waals surface area contributed by atoms with Crippen molar-refractivity contribution >= 4 is 29.8 Å². The van der Waals surface area contributed by atoms with E-state index in [0.29, 0.717) is 24.3 Å². The molecule has 3 atom stereocenters. The van der Waals surface area contributed by atoms with Gasteiger partial charge in [0.2, 0.25) is 5.91 Å². The summed E-state index contributed by atoms with van der Waals surface area (Å²) in [4.78, 5) is 59.6. The standard InChI is InChI=1S/C33H39N5O8/c1-21-13-22(2)30(23(3)14-21)31(40)37-27(32(41)42)17-36-29(39)20-44-26-15-25(16-35-28-11-7-8-12-34-28)38(18-26)46-33(43)45-19-24-9-5-4-6-10-24/h4-14,25-27H,15-20H2,1-3H3,(H,34,35)(H,36,39)(H,37,40)(H,41,42). The molecule has 3 unspecified atom stereocenters. The highest BCUT2D eigenvalue weighted by atomic mass is 16.8. The van der Waals surface area contributed by atoms with Crippen molar-refractivity contribution in [2.45, 2.75) is 52.0 Å². The number of amides is 2. The molecule has 1 fully saturated rings. The zero-order valence-electron chi connectivity index (χ0n) is 26.0. The van der Waals surface area contributed by atoms with Crippen molar-refractivity contribution in [2.75, 3.05) is 31.6 Å². The maximum atomic E-state index is 12.9. The number of nitrogens with one attached hydrogen (secondary N) is 3. The number of aryl methyl sites for hydroxylation is 3. The Hall–Kier alpha value is -5.01. The number of anilines is 1. The number of carbonyl (C=O) groups is 4. The van der Waals surface area contributed by atoms with Gasteiger partial charge in [-0.25, -0.2) is 14.6 Å². The van der Waals surface area contributed by atoms with Gasteiger partial charge in [-0.2, -0.15) is 0 Å². The summed E-state index contributed by atoms with van der Waals surface area (Å²) in [5.41, 5.74) is 3.65. The third-order valence-corrected chi connectivity index (χ3v) is 7.36. The van der Waals surface area contributed by atoms with Crippen molar-refractivity contribution in [1.29, 1.82) is 0 Å². The molecule has 4 N–H and O–H groups in total. The average molecular weight is 634 g/mol. The van der Waals surface area contributed by atoms with E-state index in [-0.39, 0.29) is 32.3 Å². The van der Waals surface area contributed by atoms with Crippen molar-refractivity contribution in [1.82, 2.24) is 20.7 Å². The van der Waals surface area contributed by atoms with Gasteiger partial charge >= 0.3 is 12.1 Å². The third-order valence-electron chi connectivity index (χ3n) is 7.36. The van der Waals surface area contributed by atoms with Gasteiger partial charge in [0.25, 0.3) is 5.91 Å². The summed E-state index contributed by atoms with van der Waals surface area (Å²) in [7, 11) is 0. The highest BCUT2D eigenvalue weighted by Crippen LogP contribution is 2.22. The van der Waals surface area contributed by atoms with Crippen molar-refractivity contribution < 1.29 is 38.6 Å². The molecule has 3 aromatic rings. The van der Waals surface area contributed by atoms with Gasteiger partial charge in [-0.15, -0.1) is 5.06 Å². The lowest BCUT2D eigenvalue weighted by Gasteiger charge is -2.22. The second-order valence-corrected chi connectivity index (χ2v) is 11.1. The molecule has 2 heterocycles. The Balaban J connectivity index is 1.28.